The molecular formula is C10H14ClN3O. The van der Waals surface area contributed by atoms with E-state index in [1.807, 2.05) is 6.92 Å². The van der Waals surface area contributed by atoms with E-state index in [1.165, 1.54) is 12.3 Å². The summed E-state index contributed by atoms with van der Waals surface area (Å²) in [5, 5.41) is 0.411. The molecule has 0 radical (unpaired) electrons. The average Bonchev–Trinajstić information content (AvgIpc) is 2.18. The molecule has 5 heteroatoms. The number of rotatable bonds is 4. The summed E-state index contributed by atoms with van der Waals surface area (Å²) in [7, 11) is 0. The average molecular weight is 228 g/mol. The number of nitrogens with zero attached hydrogens (tertiary/aromatic N) is 1. The Kier molecular flexibility index (Phi) is 4.05. The van der Waals surface area contributed by atoms with Crippen molar-refractivity contribution in [1.82, 2.24) is 4.98 Å². The largest absolute Gasteiger partial charge is 0.383 e. The zero-order valence-electron chi connectivity index (χ0n) is 8.53. The van der Waals surface area contributed by atoms with Gasteiger partial charge < -0.3 is 11.5 Å². The van der Waals surface area contributed by atoms with Crippen LogP contribution in [0.5, 0.6) is 0 Å². The Bertz CT molecular complexity index is 366. The zero-order valence-corrected chi connectivity index (χ0v) is 9.29. The van der Waals surface area contributed by atoms with Gasteiger partial charge in [0.05, 0.1) is 10.6 Å². The zero-order chi connectivity index (χ0) is 11.4. The van der Waals surface area contributed by atoms with Crippen LogP contribution in [0.4, 0.5) is 5.82 Å². The second-order valence-corrected chi connectivity index (χ2v) is 3.96. The van der Waals surface area contributed by atoms with Gasteiger partial charge in [0, 0.05) is 18.7 Å². The van der Waals surface area contributed by atoms with Crippen LogP contribution in [0.15, 0.2) is 12.3 Å². The summed E-state index contributed by atoms with van der Waals surface area (Å²) < 4.78 is 0. The molecule has 82 valence electrons. The van der Waals surface area contributed by atoms with Crippen molar-refractivity contribution < 1.29 is 4.79 Å². The highest BCUT2D eigenvalue weighted by molar-refractivity contribution is 6.31. The molecule has 0 aromatic carbocycles. The van der Waals surface area contributed by atoms with Crippen LogP contribution in [0, 0.1) is 0 Å². The third kappa shape index (κ3) is 3.49. The Hall–Kier alpha value is -1.13. The molecule has 0 aliphatic carbocycles. The number of carbonyl (C=O) groups is 1. The third-order valence-corrected chi connectivity index (χ3v) is 2.22. The van der Waals surface area contributed by atoms with Gasteiger partial charge in [-0.3, -0.25) is 4.79 Å². The summed E-state index contributed by atoms with van der Waals surface area (Å²) in [5.41, 5.74) is 11.5. The fourth-order valence-corrected chi connectivity index (χ4v) is 1.32. The van der Waals surface area contributed by atoms with Crippen LogP contribution in [0.25, 0.3) is 0 Å². The molecule has 1 aromatic rings. The first-order chi connectivity index (χ1) is 7.00. The van der Waals surface area contributed by atoms with E-state index in [-0.39, 0.29) is 17.6 Å². The van der Waals surface area contributed by atoms with E-state index in [0.717, 1.165) is 0 Å². The summed E-state index contributed by atoms with van der Waals surface area (Å²) in [6, 6.07) is 1.54. The number of ketones is 1. The summed E-state index contributed by atoms with van der Waals surface area (Å²) in [6.07, 6.45) is 2.41. The molecule has 0 amide bonds. The van der Waals surface area contributed by atoms with E-state index in [1.54, 1.807) is 0 Å². The lowest BCUT2D eigenvalue weighted by molar-refractivity contribution is 0.0978. The van der Waals surface area contributed by atoms with Crippen molar-refractivity contribution in [3.8, 4) is 0 Å². The van der Waals surface area contributed by atoms with Gasteiger partial charge >= 0.3 is 0 Å². The number of pyridine rings is 1. The van der Waals surface area contributed by atoms with Crippen molar-refractivity contribution in [2.75, 3.05) is 5.73 Å². The quantitative estimate of drug-likeness (QED) is 0.766. The molecule has 4 N–H and O–H groups in total. The first-order valence-electron chi connectivity index (χ1n) is 4.70. The van der Waals surface area contributed by atoms with Crippen LogP contribution in [0.1, 0.15) is 30.1 Å². The van der Waals surface area contributed by atoms with Crippen molar-refractivity contribution in [3.05, 3.63) is 22.8 Å². The first-order valence-corrected chi connectivity index (χ1v) is 5.08. The van der Waals surface area contributed by atoms with Gasteiger partial charge in [0.25, 0.3) is 0 Å². The maximum absolute atomic E-state index is 11.7. The predicted molar refractivity (Wildman–Crippen MR) is 60.9 cm³/mol. The lowest BCUT2D eigenvalue weighted by Gasteiger charge is -2.06. The Balaban J connectivity index is 2.77. The number of nitrogens with two attached hydrogens (primary N) is 2. The topological polar surface area (TPSA) is 82.0 Å². The smallest absolute Gasteiger partial charge is 0.166 e. The van der Waals surface area contributed by atoms with Gasteiger partial charge in [-0.15, -0.1) is 0 Å². The summed E-state index contributed by atoms with van der Waals surface area (Å²) >= 11 is 5.73. The Morgan fingerprint density at radius 1 is 1.67 bits per heavy atom. The summed E-state index contributed by atoms with van der Waals surface area (Å²) in [6.45, 7) is 1.85. The Morgan fingerprint density at radius 3 is 2.93 bits per heavy atom. The van der Waals surface area contributed by atoms with Gasteiger partial charge in [0.15, 0.2) is 5.78 Å². The van der Waals surface area contributed by atoms with Crippen LogP contribution in [0.3, 0.4) is 0 Å². The molecule has 4 nitrogen and oxygen atoms in total. The van der Waals surface area contributed by atoms with Crippen molar-refractivity contribution in [2.45, 2.75) is 25.8 Å². The van der Waals surface area contributed by atoms with Gasteiger partial charge in [-0.25, -0.2) is 4.98 Å². The van der Waals surface area contributed by atoms with Crippen molar-refractivity contribution in [3.63, 3.8) is 0 Å². The van der Waals surface area contributed by atoms with Gasteiger partial charge in [0.2, 0.25) is 0 Å². The Morgan fingerprint density at radius 2 is 2.33 bits per heavy atom. The van der Waals surface area contributed by atoms with Crippen molar-refractivity contribution >= 4 is 23.2 Å². The molecule has 1 heterocycles. The summed E-state index contributed by atoms with van der Waals surface area (Å²) in [4.78, 5) is 15.5. The fraction of sp³-hybridized carbons (Fsp3) is 0.400. The highest BCUT2D eigenvalue weighted by atomic mass is 35.5. The number of hydrogen-bond acceptors (Lipinski definition) is 4. The fourth-order valence-electron chi connectivity index (χ4n) is 1.17. The molecule has 15 heavy (non-hydrogen) atoms. The molecule has 0 spiro atoms. The molecule has 0 aliphatic rings. The molecule has 0 saturated carbocycles. The number of carbonyl (C=O) groups excluding carboxylic acids is 1. The van der Waals surface area contributed by atoms with Gasteiger partial charge in [-0.1, -0.05) is 11.6 Å². The van der Waals surface area contributed by atoms with E-state index < -0.39 is 0 Å². The molecule has 0 bridgehead atoms. The number of nitrogen functional groups attached to an aromatic ring is 1. The number of aromatic nitrogens is 1. The SMILES string of the molecule is CC(N)CCC(=O)c1cc(Cl)cnc1N. The van der Waals surface area contributed by atoms with E-state index in [9.17, 15) is 4.79 Å². The van der Waals surface area contributed by atoms with E-state index in [4.69, 9.17) is 23.1 Å². The van der Waals surface area contributed by atoms with Gasteiger partial charge in [-0.2, -0.15) is 0 Å². The molecule has 0 fully saturated rings. The van der Waals surface area contributed by atoms with Crippen molar-refractivity contribution in [2.24, 2.45) is 5.73 Å². The maximum Gasteiger partial charge on any atom is 0.166 e. The minimum Gasteiger partial charge on any atom is -0.383 e. The number of Topliss-reactive ketones (excluding diaryl/α,β-unsaturated/α-hetero) is 1. The second kappa shape index (κ2) is 5.09. The molecule has 1 rings (SSSR count). The summed E-state index contributed by atoms with van der Waals surface area (Å²) in [5.74, 6) is 0.147. The van der Waals surface area contributed by atoms with E-state index >= 15 is 0 Å². The minimum atomic E-state index is -0.0696. The van der Waals surface area contributed by atoms with Gasteiger partial charge in [-0.05, 0) is 19.4 Å². The second-order valence-electron chi connectivity index (χ2n) is 3.53. The van der Waals surface area contributed by atoms with Crippen LogP contribution < -0.4 is 11.5 Å². The lowest BCUT2D eigenvalue weighted by atomic mass is 10.1. The Labute approximate surface area is 93.6 Å². The molecule has 1 aromatic heterocycles. The highest BCUT2D eigenvalue weighted by Crippen LogP contribution is 2.17. The maximum atomic E-state index is 11.7. The van der Waals surface area contributed by atoms with E-state index in [0.29, 0.717) is 23.4 Å². The minimum absolute atomic E-state index is 0.00215. The molecular weight excluding hydrogens is 214 g/mol. The lowest BCUT2D eigenvalue weighted by Crippen LogP contribution is -2.17. The first kappa shape index (κ1) is 11.9. The molecule has 1 atom stereocenters. The predicted octanol–water partition coefficient (Wildman–Crippen LogP) is 1.63. The number of anilines is 1. The monoisotopic (exact) mass is 227 g/mol. The van der Waals surface area contributed by atoms with Crippen LogP contribution in [-0.4, -0.2) is 16.8 Å². The molecule has 1 unspecified atom stereocenters. The number of hydrogen-bond donors (Lipinski definition) is 2. The molecule has 0 aliphatic heterocycles. The third-order valence-electron chi connectivity index (χ3n) is 2.01. The van der Waals surface area contributed by atoms with Crippen LogP contribution in [0.2, 0.25) is 5.02 Å². The standard InChI is InChI=1S/C10H14ClN3O/c1-6(12)2-3-9(15)8-4-7(11)5-14-10(8)13/h4-6H,2-3,12H2,1H3,(H2,13,14). The normalized spacial score (nSPS) is 12.5. The van der Waals surface area contributed by atoms with E-state index in [2.05, 4.69) is 4.98 Å². The number of halogens is 1. The van der Waals surface area contributed by atoms with Crippen molar-refractivity contribution in [1.29, 1.82) is 0 Å². The highest BCUT2D eigenvalue weighted by Gasteiger charge is 2.11. The van der Waals surface area contributed by atoms with Gasteiger partial charge in [0.1, 0.15) is 5.82 Å². The van der Waals surface area contributed by atoms with Crippen LogP contribution in [-0.2, 0) is 0 Å². The van der Waals surface area contributed by atoms with Crippen LogP contribution >= 0.6 is 11.6 Å². The molecule has 0 saturated heterocycles.